The van der Waals surface area contributed by atoms with Gasteiger partial charge < -0.3 is 5.32 Å². The third-order valence-corrected chi connectivity index (χ3v) is 2.02. The molecule has 0 aliphatic heterocycles. The molecule has 0 aromatic heterocycles. The van der Waals surface area contributed by atoms with Crippen LogP contribution in [-0.2, 0) is 6.18 Å². The standard InChI is InChI=1S/C11H9F3N2O/c1-7(6-15)16-10(17)8-2-4-9(5-3-8)11(12,13)14/h2-5,7H,1H3,(H,16,17)/t7-/m1/s1. The van der Waals surface area contributed by atoms with E-state index >= 15 is 0 Å². The van der Waals surface area contributed by atoms with Crippen LogP contribution >= 0.6 is 0 Å². The van der Waals surface area contributed by atoms with E-state index < -0.39 is 23.7 Å². The highest BCUT2D eigenvalue weighted by Gasteiger charge is 2.30. The minimum absolute atomic E-state index is 0.0834. The predicted octanol–water partition coefficient (Wildman–Crippen LogP) is 2.35. The molecular weight excluding hydrogens is 233 g/mol. The summed E-state index contributed by atoms with van der Waals surface area (Å²) in [6.07, 6.45) is -4.42. The molecule has 17 heavy (non-hydrogen) atoms. The van der Waals surface area contributed by atoms with Gasteiger partial charge in [-0.25, -0.2) is 0 Å². The SMILES string of the molecule is C[C@H](C#N)NC(=O)c1ccc(C(F)(F)F)cc1. The van der Waals surface area contributed by atoms with Gasteiger partial charge in [-0.3, -0.25) is 4.79 Å². The van der Waals surface area contributed by atoms with Crippen molar-refractivity contribution >= 4 is 5.91 Å². The fourth-order valence-electron chi connectivity index (χ4n) is 1.12. The fraction of sp³-hybridized carbons (Fsp3) is 0.273. The summed E-state index contributed by atoms with van der Waals surface area (Å²) < 4.78 is 36.7. The lowest BCUT2D eigenvalue weighted by atomic mass is 10.1. The molecule has 1 atom stereocenters. The molecule has 0 bridgehead atoms. The lowest BCUT2D eigenvalue weighted by molar-refractivity contribution is -0.137. The summed E-state index contributed by atoms with van der Waals surface area (Å²) in [5.41, 5.74) is -0.734. The summed E-state index contributed by atoms with van der Waals surface area (Å²) in [5.74, 6) is -0.576. The number of nitrogens with zero attached hydrogens (tertiary/aromatic N) is 1. The molecular formula is C11H9F3N2O. The molecule has 3 nitrogen and oxygen atoms in total. The van der Waals surface area contributed by atoms with E-state index in [2.05, 4.69) is 5.32 Å². The number of benzene rings is 1. The van der Waals surface area contributed by atoms with Gasteiger partial charge >= 0.3 is 6.18 Å². The van der Waals surface area contributed by atoms with Gasteiger partial charge in [-0.2, -0.15) is 18.4 Å². The van der Waals surface area contributed by atoms with Crippen LogP contribution in [0.15, 0.2) is 24.3 Å². The average Bonchev–Trinajstić information content (AvgIpc) is 2.27. The second kappa shape index (κ2) is 4.87. The van der Waals surface area contributed by atoms with E-state index in [1.54, 1.807) is 6.07 Å². The molecule has 0 saturated carbocycles. The second-order valence-corrected chi connectivity index (χ2v) is 3.40. The van der Waals surface area contributed by atoms with E-state index in [4.69, 9.17) is 5.26 Å². The maximum absolute atomic E-state index is 12.2. The molecule has 0 fully saturated rings. The number of alkyl halides is 3. The Labute approximate surface area is 95.9 Å². The third kappa shape index (κ3) is 3.48. The lowest BCUT2D eigenvalue weighted by Gasteiger charge is -2.09. The molecule has 1 aromatic carbocycles. The maximum Gasteiger partial charge on any atom is 0.416 e. The Morgan fingerprint density at radius 2 is 1.88 bits per heavy atom. The Kier molecular flexibility index (Phi) is 3.73. The molecule has 90 valence electrons. The molecule has 1 rings (SSSR count). The molecule has 1 amide bonds. The second-order valence-electron chi connectivity index (χ2n) is 3.40. The van der Waals surface area contributed by atoms with Gasteiger partial charge in [0.25, 0.3) is 5.91 Å². The van der Waals surface area contributed by atoms with E-state index in [0.29, 0.717) is 0 Å². The van der Waals surface area contributed by atoms with Crippen LogP contribution in [0, 0.1) is 11.3 Å². The highest BCUT2D eigenvalue weighted by atomic mass is 19.4. The zero-order chi connectivity index (χ0) is 13.1. The molecule has 0 aliphatic rings. The van der Waals surface area contributed by atoms with Crippen molar-refractivity contribution < 1.29 is 18.0 Å². The van der Waals surface area contributed by atoms with E-state index in [9.17, 15) is 18.0 Å². The molecule has 0 saturated heterocycles. The molecule has 6 heteroatoms. The first-order valence-electron chi connectivity index (χ1n) is 4.72. The van der Waals surface area contributed by atoms with Gasteiger partial charge in [-0.15, -0.1) is 0 Å². The number of halogens is 3. The molecule has 0 spiro atoms. The van der Waals surface area contributed by atoms with Gasteiger partial charge in [0, 0.05) is 5.56 Å². The summed E-state index contributed by atoms with van der Waals surface area (Å²) in [4.78, 5) is 11.4. The lowest BCUT2D eigenvalue weighted by Crippen LogP contribution is -2.31. The van der Waals surface area contributed by atoms with Crippen molar-refractivity contribution in [2.45, 2.75) is 19.1 Å². The Bertz CT molecular complexity index is 445. The van der Waals surface area contributed by atoms with Crippen molar-refractivity contribution in [3.8, 4) is 6.07 Å². The topological polar surface area (TPSA) is 52.9 Å². The highest BCUT2D eigenvalue weighted by Crippen LogP contribution is 2.28. The van der Waals surface area contributed by atoms with Crippen LogP contribution in [0.4, 0.5) is 13.2 Å². The third-order valence-electron chi connectivity index (χ3n) is 2.02. The van der Waals surface area contributed by atoms with Crippen LogP contribution in [0.5, 0.6) is 0 Å². The maximum atomic E-state index is 12.2. The van der Waals surface area contributed by atoms with Crippen molar-refractivity contribution in [1.29, 1.82) is 5.26 Å². The molecule has 0 unspecified atom stereocenters. The zero-order valence-corrected chi connectivity index (χ0v) is 8.88. The van der Waals surface area contributed by atoms with E-state index in [1.807, 2.05) is 0 Å². The molecule has 0 heterocycles. The Balaban J connectivity index is 2.82. The minimum atomic E-state index is -4.42. The van der Waals surface area contributed by atoms with Gasteiger partial charge in [-0.1, -0.05) is 0 Å². The van der Waals surface area contributed by atoms with Crippen molar-refractivity contribution in [2.24, 2.45) is 0 Å². The van der Waals surface area contributed by atoms with Gasteiger partial charge in [-0.05, 0) is 31.2 Å². The average molecular weight is 242 g/mol. The van der Waals surface area contributed by atoms with Gasteiger partial charge in [0.15, 0.2) is 0 Å². The van der Waals surface area contributed by atoms with E-state index in [1.165, 1.54) is 6.92 Å². The highest BCUT2D eigenvalue weighted by molar-refractivity contribution is 5.94. The van der Waals surface area contributed by atoms with Crippen LogP contribution < -0.4 is 5.32 Å². The van der Waals surface area contributed by atoms with Gasteiger partial charge in [0.05, 0.1) is 11.6 Å². The zero-order valence-electron chi connectivity index (χ0n) is 8.88. The van der Waals surface area contributed by atoms with Crippen LogP contribution in [0.3, 0.4) is 0 Å². The summed E-state index contributed by atoms with van der Waals surface area (Å²) in [7, 11) is 0. The molecule has 1 aromatic rings. The number of nitrogens with one attached hydrogen (secondary N) is 1. The first-order valence-corrected chi connectivity index (χ1v) is 4.72. The van der Waals surface area contributed by atoms with Crippen LogP contribution in [0.2, 0.25) is 0 Å². The first-order chi connectivity index (χ1) is 7.84. The molecule has 0 aliphatic carbocycles. The molecule has 1 N–H and O–H groups in total. The van der Waals surface area contributed by atoms with Gasteiger partial charge in [0.1, 0.15) is 6.04 Å². The predicted molar refractivity (Wildman–Crippen MR) is 54.0 cm³/mol. The Morgan fingerprint density at radius 1 is 1.35 bits per heavy atom. The summed E-state index contributed by atoms with van der Waals surface area (Å²) in [5, 5.41) is 10.8. The van der Waals surface area contributed by atoms with E-state index in [-0.39, 0.29) is 5.56 Å². The number of hydrogen-bond acceptors (Lipinski definition) is 2. The number of carbonyl (C=O) groups excluding carboxylic acids is 1. The first kappa shape index (κ1) is 13.0. The van der Waals surface area contributed by atoms with Gasteiger partial charge in [0.2, 0.25) is 0 Å². The monoisotopic (exact) mass is 242 g/mol. The largest absolute Gasteiger partial charge is 0.416 e. The summed E-state index contributed by atoms with van der Waals surface area (Å²) in [6, 6.07) is 4.89. The van der Waals surface area contributed by atoms with Crippen molar-refractivity contribution in [3.63, 3.8) is 0 Å². The normalized spacial score (nSPS) is 12.6. The summed E-state index contributed by atoms with van der Waals surface area (Å²) in [6.45, 7) is 1.47. The Morgan fingerprint density at radius 3 is 2.29 bits per heavy atom. The van der Waals surface area contributed by atoms with E-state index in [0.717, 1.165) is 24.3 Å². The molecule has 0 radical (unpaired) electrons. The number of rotatable bonds is 2. The van der Waals surface area contributed by atoms with Crippen molar-refractivity contribution in [2.75, 3.05) is 0 Å². The van der Waals surface area contributed by atoms with Crippen LogP contribution in [0.25, 0.3) is 0 Å². The summed E-state index contributed by atoms with van der Waals surface area (Å²) >= 11 is 0. The van der Waals surface area contributed by atoms with Crippen molar-refractivity contribution in [3.05, 3.63) is 35.4 Å². The van der Waals surface area contributed by atoms with Crippen LogP contribution in [-0.4, -0.2) is 11.9 Å². The number of carbonyl (C=O) groups is 1. The number of hydrogen-bond donors (Lipinski definition) is 1. The quantitative estimate of drug-likeness (QED) is 0.865. The minimum Gasteiger partial charge on any atom is -0.337 e. The Hall–Kier alpha value is -2.03. The van der Waals surface area contributed by atoms with Crippen molar-refractivity contribution in [1.82, 2.24) is 5.32 Å². The fourth-order valence-corrected chi connectivity index (χ4v) is 1.12. The van der Waals surface area contributed by atoms with Crippen LogP contribution in [0.1, 0.15) is 22.8 Å². The smallest absolute Gasteiger partial charge is 0.337 e. The number of amides is 1. The number of nitriles is 1.